The lowest BCUT2D eigenvalue weighted by Gasteiger charge is -2.12. The van der Waals surface area contributed by atoms with Gasteiger partial charge in [0.05, 0.1) is 18.7 Å². The molecule has 0 aliphatic carbocycles. The molecule has 0 saturated carbocycles. The van der Waals surface area contributed by atoms with Gasteiger partial charge in [0.15, 0.2) is 11.5 Å². The molecule has 0 heterocycles. The third kappa shape index (κ3) is 3.22. The van der Waals surface area contributed by atoms with E-state index in [4.69, 9.17) is 9.47 Å². The van der Waals surface area contributed by atoms with Gasteiger partial charge in [-0.2, -0.15) is 0 Å². The van der Waals surface area contributed by atoms with Crippen molar-refractivity contribution < 1.29 is 13.9 Å². The van der Waals surface area contributed by atoms with Crippen molar-refractivity contribution in [2.45, 2.75) is 6.54 Å². The van der Waals surface area contributed by atoms with Crippen molar-refractivity contribution in [2.75, 3.05) is 19.5 Å². The van der Waals surface area contributed by atoms with Crippen LogP contribution in [0.5, 0.6) is 11.5 Å². The maximum absolute atomic E-state index is 13.4. The zero-order valence-electron chi connectivity index (χ0n) is 11.2. The van der Waals surface area contributed by atoms with E-state index in [1.807, 2.05) is 24.3 Å². The highest BCUT2D eigenvalue weighted by Gasteiger charge is 2.07. The number of benzene rings is 2. The molecule has 0 amide bonds. The molecule has 106 valence electrons. The van der Waals surface area contributed by atoms with Crippen LogP contribution in [-0.4, -0.2) is 14.2 Å². The molecule has 5 heteroatoms. The second kappa shape index (κ2) is 6.61. The Kier molecular flexibility index (Phi) is 4.84. The summed E-state index contributed by atoms with van der Waals surface area (Å²) >= 11 is 3.24. The Balaban J connectivity index is 2.13. The zero-order valence-corrected chi connectivity index (χ0v) is 12.8. The minimum absolute atomic E-state index is 0.267. The average molecular weight is 340 g/mol. The van der Waals surface area contributed by atoms with Gasteiger partial charge in [-0.3, -0.25) is 0 Å². The van der Waals surface area contributed by atoms with Crippen LogP contribution >= 0.6 is 15.9 Å². The quantitative estimate of drug-likeness (QED) is 0.884. The van der Waals surface area contributed by atoms with E-state index in [2.05, 4.69) is 21.2 Å². The van der Waals surface area contributed by atoms with Crippen molar-refractivity contribution in [1.82, 2.24) is 0 Å². The van der Waals surface area contributed by atoms with Crippen LogP contribution < -0.4 is 14.8 Å². The van der Waals surface area contributed by atoms with E-state index in [0.29, 0.717) is 22.5 Å². The van der Waals surface area contributed by atoms with Crippen LogP contribution in [0.2, 0.25) is 0 Å². The summed E-state index contributed by atoms with van der Waals surface area (Å²) in [6, 6.07) is 10.5. The van der Waals surface area contributed by atoms with Crippen LogP contribution in [-0.2, 0) is 6.54 Å². The van der Waals surface area contributed by atoms with Crippen molar-refractivity contribution in [3.8, 4) is 11.5 Å². The smallest absolute Gasteiger partial charge is 0.162 e. The van der Waals surface area contributed by atoms with E-state index >= 15 is 0 Å². The van der Waals surface area contributed by atoms with Crippen molar-refractivity contribution in [3.63, 3.8) is 0 Å². The molecule has 1 N–H and O–H groups in total. The summed E-state index contributed by atoms with van der Waals surface area (Å²) in [5, 5.41) is 3.22. The molecular weight excluding hydrogens is 325 g/mol. The number of hydrogen-bond acceptors (Lipinski definition) is 3. The number of anilines is 1. The molecule has 2 aromatic carbocycles. The highest BCUT2D eigenvalue weighted by molar-refractivity contribution is 9.10. The van der Waals surface area contributed by atoms with Crippen LogP contribution in [0.25, 0.3) is 0 Å². The molecule has 0 saturated heterocycles. The molecule has 0 aliphatic rings. The lowest BCUT2D eigenvalue weighted by Crippen LogP contribution is -2.01. The van der Waals surface area contributed by atoms with Gasteiger partial charge < -0.3 is 14.8 Å². The molecule has 2 rings (SSSR count). The number of nitrogens with one attached hydrogen (secondary N) is 1. The Labute approximate surface area is 125 Å². The summed E-state index contributed by atoms with van der Waals surface area (Å²) in [5.74, 6) is 1.05. The van der Waals surface area contributed by atoms with Crippen LogP contribution in [0.4, 0.5) is 10.1 Å². The molecule has 0 unspecified atom stereocenters. The van der Waals surface area contributed by atoms with Crippen molar-refractivity contribution >= 4 is 21.6 Å². The third-order valence-corrected chi connectivity index (χ3v) is 3.79. The monoisotopic (exact) mass is 339 g/mol. The fourth-order valence-corrected chi connectivity index (χ4v) is 2.23. The molecule has 0 aromatic heterocycles. The Morgan fingerprint density at radius 2 is 1.85 bits per heavy atom. The zero-order chi connectivity index (χ0) is 14.5. The van der Waals surface area contributed by atoms with Gasteiger partial charge in [-0.1, -0.05) is 12.1 Å². The van der Waals surface area contributed by atoms with E-state index in [0.717, 1.165) is 11.3 Å². The number of methoxy groups -OCH3 is 2. The molecule has 3 nitrogen and oxygen atoms in total. The van der Waals surface area contributed by atoms with Gasteiger partial charge in [0.1, 0.15) is 5.82 Å². The Bertz CT molecular complexity index is 604. The summed E-state index contributed by atoms with van der Waals surface area (Å²) in [4.78, 5) is 0. The normalized spacial score (nSPS) is 10.2. The van der Waals surface area contributed by atoms with Crippen molar-refractivity contribution in [1.29, 1.82) is 0 Å². The van der Waals surface area contributed by atoms with Gasteiger partial charge in [-0.25, -0.2) is 4.39 Å². The average Bonchev–Trinajstić information content (AvgIpc) is 2.48. The van der Waals surface area contributed by atoms with E-state index in [9.17, 15) is 4.39 Å². The summed E-state index contributed by atoms with van der Waals surface area (Å²) in [7, 11) is 3.18. The summed E-state index contributed by atoms with van der Waals surface area (Å²) in [5.41, 5.74) is 1.72. The van der Waals surface area contributed by atoms with E-state index in [-0.39, 0.29) is 5.82 Å². The van der Waals surface area contributed by atoms with Gasteiger partial charge in [0.2, 0.25) is 0 Å². The first kappa shape index (κ1) is 14.7. The lowest BCUT2D eigenvalue weighted by molar-refractivity contribution is 0.355. The maximum atomic E-state index is 13.4. The van der Waals surface area contributed by atoms with E-state index in [1.54, 1.807) is 20.3 Å². The molecule has 2 aromatic rings. The lowest BCUT2D eigenvalue weighted by atomic mass is 10.2. The maximum Gasteiger partial charge on any atom is 0.162 e. The second-order valence-electron chi connectivity index (χ2n) is 4.14. The fraction of sp³-hybridized carbons (Fsp3) is 0.200. The Morgan fingerprint density at radius 3 is 2.55 bits per heavy atom. The summed E-state index contributed by atoms with van der Waals surface area (Å²) in [6.45, 7) is 0.508. The molecule has 0 bridgehead atoms. The second-order valence-corrected chi connectivity index (χ2v) is 4.93. The first-order valence-corrected chi connectivity index (χ1v) is 6.83. The summed E-state index contributed by atoms with van der Waals surface area (Å²) < 4.78 is 24.3. The van der Waals surface area contributed by atoms with E-state index < -0.39 is 0 Å². The molecule has 0 aliphatic heterocycles. The van der Waals surface area contributed by atoms with Crippen molar-refractivity contribution in [3.05, 3.63) is 52.3 Å². The molecule has 0 spiro atoms. The van der Waals surface area contributed by atoms with Crippen molar-refractivity contribution in [2.24, 2.45) is 0 Å². The molecular formula is C15H15BrFNO2. The van der Waals surface area contributed by atoms with Crippen LogP contribution in [0.15, 0.2) is 40.9 Å². The van der Waals surface area contributed by atoms with Gasteiger partial charge in [-0.05, 0) is 39.7 Å². The third-order valence-electron chi connectivity index (χ3n) is 2.90. The van der Waals surface area contributed by atoms with Crippen LogP contribution in [0, 0.1) is 5.82 Å². The number of ether oxygens (including phenoxy) is 2. The molecule has 20 heavy (non-hydrogen) atoms. The molecule has 0 fully saturated rings. The van der Waals surface area contributed by atoms with Crippen LogP contribution in [0.3, 0.4) is 0 Å². The standard InChI is InChI=1S/C15H15BrFNO2/c1-19-13-7-6-11(8-14(13)20-2)18-9-10-4-3-5-12(17)15(10)16/h3-8,18H,9H2,1-2H3. The fourth-order valence-electron chi connectivity index (χ4n) is 1.83. The minimum atomic E-state index is -0.267. The molecule has 0 radical (unpaired) electrons. The first-order chi connectivity index (χ1) is 9.65. The Hall–Kier alpha value is -1.75. The van der Waals surface area contributed by atoms with Gasteiger partial charge in [0.25, 0.3) is 0 Å². The predicted octanol–water partition coefficient (Wildman–Crippen LogP) is 4.22. The minimum Gasteiger partial charge on any atom is -0.493 e. The summed E-state index contributed by atoms with van der Waals surface area (Å²) in [6.07, 6.45) is 0. The number of hydrogen-bond donors (Lipinski definition) is 1. The van der Waals surface area contributed by atoms with Gasteiger partial charge in [0, 0.05) is 18.3 Å². The SMILES string of the molecule is COc1ccc(NCc2cccc(F)c2Br)cc1OC. The number of halogens is 2. The Morgan fingerprint density at radius 1 is 1.10 bits per heavy atom. The van der Waals surface area contributed by atoms with Gasteiger partial charge >= 0.3 is 0 Å². The first-order valence-electron chi connectivity index (χ1n) is 6.04. The van der Waals surface area contributed by atoms with Gasteiger partial charge in [-0.15, -0.1) is 0 Å². The number of rotatable bonds is 5. The highest BCUT2D eigenvalue weighted by Crippen LogP contribution is 2.30. The largest absolute Gasteiger partial charge is 0.493 e. The van der Waals surface area contributed by atoms with E-state index in [1.165, 1.54) is 6.07 Å². The highest BCUT2D eigenvalue weighted by atomic mass is 79.9. The van der Waals surface area contributed by atoms with Crippen LogP contribution in [0.1, 0.15) is 5.56 Å². The molecule has 0 atom stereocenters. The topological polar surface area (TPSA) is 30.5 Å². The predicted molar refractivity (Wildman–Crippen MR) is 81.0 cm³/mol.